The minimum absolute atomic E-state index is 0.789. The Kier molecular flexibility index (Phi) is 3.45. The van der Waals surface area contributed by atoms with Crippen molar-refractivity contribution in [1.29, 1.82) is 0 Å². The van der Waals surface area contributed by atoms with Crippen LogP contribution in [0.25, 0.3) is 0 Å². The van der Waals surface area contributed by atoms with Crippen molar-refractivity contribution in [2.75, 3.05) is 19.6 Å². The molecule has 1 heterocycles. The summed E-state index contributed by atoms with van der Waals surface area (Å²) in [5, 5.41) is 3.50. The van der Waals surface area contributed by atoms with Crippen LogP contribution in [-0.4, -0.2) is 36.6 Å². The molecule has 0 amide bonds. The molecule has 0 aromatic carbocycles. The molecule has 1 N–H and O–H groups in total. The molecule has 14 heavy (non-hydrogen) atoms. The molecule has 2 fully saturated rings. The van der Waals surface area contributed by atoms with E-state index in [1.54, 1.807) is 0 Å². The molecule has 2 rings (SSSR count). The average molecular weight is 196 g/mol. The molecule has 0 aromatic heterocycles. The minimum Gasteiger partial charge on any atom is -0.314 e. The van der Waals surface area contributed by atoms with Crippen LogP contribution in [0.1, 0.15) is 39.5 Å². The van der Waals surface area contributed by atoms with Crippen LogP contribution in [0.3, 0.4) is 0 Å². The summed E-state index contributed by atoms with van der Waals surface area (Å²) in [6, 6.07) is 1.60. The first-order valence-electron chi connectivity index (χ1n) is 6.27. The van der Waals surface area contributed by atoms with Gasteiger partial charge in [0.2, 0.25) is 0 Å². The molecule has 82 valence electrons. The summed E-state index contributed by atoms with van der Waals surface area (Å²) >= 11 is 0. The molecule has 2 unspecified atom stereocenters. The van der Waals surface area contributed by atoms with Crippen LogP contribution in [-0.2, 0) is 0 Å². The fraction of sp³-hybridized carbons (Fsp3) is 1.00. The zero-order chi connectivity index (χ0) is 9.97. The zero-order valence-electron chi connectivity index (χ0n) is 9.63. The Labute approximate surface area is 88.1 Å². The Balaban J connectivity index is 1.84. The maximum absolute atomic E-state index is 3.50. The highest BCUT2D eigenvalue weighted by Gasteiger charge is 2.30. The fourth-order valence-corrected chi connectivity index (χ4v) is 2.71. The Morgan fingerprint density at radius 1 is 1.43 bits per heavy atom. The first-order chi connectivity index (χ1) is 6.81. The number of rotatable bonds is 4. The van der Waals surface area contributed by atoms with Crippen LogP contribution < -0.4 is 5.32 Å². The van der Waals surface area contributed by atoms with Crippen molar-refractivity contribution in [2.45, 2.75) is 51.6 Å². The van der Waals surface area contributed by atoms with Crippen molar-refractivity contribution < 1.29 is 0 Å². The van der Waals surface area contributed by atoms with Gasteiger partial charge in [0.15, 0.2) is 0 Å². The topological polar surface area (TPSA) is 15.3 Å². The van der Waals surface area contributed by atoms with Crippen molar-refractivity contribution in [3.05, 3.63) is 0 Å². The molecule has 2 atom stereocenters. The summed E-state index contributed by atoms with van der Waals surface area (Å²) in [4.78, 5) is 2.73. The normalized spacial score (nSPS) is 31.7. The molecular weight excluding hydrogens is 172 g/mol. The minimum atomic E-state index is 0.789. The van der Waals surface area contributed by atoms with Gasteiger partial charge >= 0.3 is 0 Å². The van der Waals surface area contributed by atoms with E-state index in [-0.39, 0.29) is 0 Å². The Morgan fingerprint density at radius 3 is 2.86 bits per heavy atom. The number of nitrogens with zero attached hydrogens (tertiary/aromatic N) is 1. The number of hydrogen-bond donors (Lipinski definition) is 1. The third kappa shape index (κ3) is 2.48. The summed E-state index contributed by atoms with van der Waals surface area (Å²) in [6.45, 7) is 8.38. The van der Waals surface area contributed by atoms with Crippen LogP contribution in [0.2, 0.25) is 0 Å². The highest BCUT2D eigenvalue weighted by molar-refractivity contribution is 4.86. The monoisotopic (exact) mass is 196 g/mol. The molecule has 0 bridgehead atoms. The van der Waals surface area contributed by atoms with Gasteiger partial charge in [0.05, 0.1) is 0 Å². The van der Waals surface area contributed by atoms with E-state index in [4.69, 9.17) is 0 Å². The quantitative estimate of drug-likeness (QED) is 0.738. The summed E-state index contributed by atoms with van der Waals surface area (Å²) in [5.74, 6) is 1.07. The second kappa shape index (κ2) is 4.63. The van der Waals surface area contributed by atoms with Gasteiger partial charge in [0.25, 0.3) is 0 Å². The highest BCUT2D eigenvalue weighted by atomic mass is 15.2. The predicted molar refractivity (Wildman–Crippen MR) is 60.5 cm³/mol. The lowest BCUT2D eigenvalue weighted by Gasteiger charge is -2.40. The summed E-state index contributed by atoms with van der Waals surface area (Å²) < 4.78 is 0. The SMILES string of the molecule is CCC1CNCCN1C(C)CC1CC1. The van der Waals surface area contributed by atoms with E-state index >= 15 is 0 Å². The van der Waals surface area contributed by atoms with Gasteiger partial charge in [-0.1, -0.05) is 19.8 Å². The third-order valence-corrected chi connectivity index (χ3v) is 3.80. The van der Waals surface area contributed by atoms with E-state index in [1.165, 1.54) is 45.3 Å². The van der Waals surface area contributed by atoms with Crippen molar-refractivity contribution in [2.24, 2.45) is 5.92 Å². The molecule has 2 nitrogen and oxygen atoms in total. The second-order valence-corrected chi connectivity index (χ2v) is 5.03. The van der Waals surface area contributed by atoms with Crippen molar-refractivity contribution >= 4 is 0 Å². The van der Waals surface area contributed by atoms with Crippen LogP contribution in [0.5, 0.6) is 0 Å². The number of nitrogens with one attached hydrogen (secondary N) is 1. The molecule has 1 aliphatic heterocycles. The van der Waals surface area contributed by atoms with Crippen LogP contribution >= 0.6 is 0 Å². The summed E-state index contributed by atoms with van der Waals surface area (Å²) in [5.41, 5.74) is 0. The van der Waals surface area contributed by atoms with Gasteiger partial charge in [-0.2, -0.15) is 0 Å². The van der Waals surface area contributed by atoms with E-state index in [0.29, 0.717) is 0 Å². The van der Waals surface area contributed by atoms with Gasteiger partial charge in [-0.05, 0) is 25.7 Å². The van der Waals surface area contributed by atoms with Gasteiger partial charge < -0.3 is 5.32 Å². The van der Waals surface area contributed by atoms with Gasteiger partial charge in [0, 0.05) is 31.7 Å². The lowest BCUT2D eigenvalue weighted by molar-refractivity contribution is 0.103. The first-order valence-corrected chi connectivity index (χ1v) is 6.27. The molecule has 1 saturated carbocycles. The molecule has 0 spiro atoms. The molecular formula is C12H24N2. The fourth-order valence-electron chi connectivity index (χ4n) is 2.71. The van der Waals surface area contributed by atoms with Crippen LogP contribution in [0, 0.1) is 5.92 Å². The van der Waals surface area contributed by atoms with E-state index in [9.17, 15) is 0 Å². The van der Waals surface area contributed by atoms with Gasteiger partial charge in [-0.25, -0.2) is 0 Å². The first kappa shape index (κ1) is 10.4. The lowest BCUT2D eigenvalue weighted by Crippen LogP contribution is -2.54. The Morgan fingerprint density at radius 2 is 2.21 bits per heavy atom. The average Bonchev–Trinajstić information content (AvgIpc) is 3.01. The highest BCUT2D eigenvalue weighted by Crippen LogP contribution is 2.35. The molecule has 1 saturated heterocycles. The largest absolute Gasteiger partial charge is 0.314 e. The van der Waals surface area contributed by atoms with Gasteiger partial charge in [0.1, 0.15) is 0 Å². The van der Waals surface area contributed by atoms with Crippen molar-refractivity contribution in [3.63, 3.8) is 0 Å². The molecule has 1 aliphatic carbocycles. The maximum Gasteiger partial charge on any atom is 0.0221 e. The molecule has 2 aliphatic rings. The Bertz CT molecular complexity index is 177. The van der Waals surface area contributed by atoms with Crippen molar-refractivity contribution in [3.8, 4) is 0 Å². The zero-order valence-corrected chi connectivity index (χ0v) is 9.63. The molecule has 2 heteroatoms. The van der Waals surface area contributed by atoms with Gasteiger partial charge in [-0.15, -0.1) is 0 Å². The van der Waals surface area contributed by atoms with E-state index in [2.05, 4.69) is 24.1 Å². The predicted octanol–water partition coefficient (Wildman–Crippen LogP) is 1.86. The number of piperazine rings is 1. The van der Waals surface area contributed by atoms with E-state index in [0.717, 1.165) is 18.0 Å². The third-order valence-electron chi connectivity index (χ3n) is 3.80. The summed E-state index contributed by atoms with van der Waals surface area (Å²) in [7, 11) is 0. The summed E-state index contributed by atoms with van der Waals surface area (Å²) in [6.07, 6.45) is 5.72. The van der Waals surface area contributed by atoms with E-state index < -0.39 is 0 Å². The van der Waals surface area contributed by atoms with Crippen molar-refractivity contribution in [1.82, 2.24) is 10.2 Å². The van der Waals surface area contributed by atoms with Crippen LogP contribution in [0.15, 0.2) is 0 Å². The van der Waals surface area contributed by atoms with Gasteiger partial charge in [-0.3, -0.25) is 4.90 Å². The maximum atomic E-state index is 3.50. The van der Waals surface area contributed by atoms with Crippen LogP contribution in [0.4, 0.5) is 0 Å². The molecule has 0 radical (unpaired) electrons. The molecule has 0 aromatic rings. The smallest absolute Gasteiger partial charge is 0.0221 e. The lowest BCUT2D eigenvalue weighted by atomic mass is 10.0. The standard InChI is InChI=1S/C12H24N2/c1-3-12-9-13-6-7-14(12)10(2)8-11-4-5-11/h10-13H,3-9H2,1-2H3. The van der Waals surface area contributed by atoms with E-state index in [1.807, 2.05) is 0 Å². The Hall–Kier alpha value is -0.0800. The second-order valence-electron chi connectivity index (χ2n) is 5.03. The number of hydrogen-bond acceptors (Lipinski definition) is 2.